The molecule has 2 aliphatic heterocycles. The lowest BCUT2D eigenvalue weighted by Crippen LogP contribution is -2.37. The molecule has 1 N–H and O–H groups in total. The van der Waals surface area contributed by atoms with Crippen LogP contribution in [-0.4, -0.2) is 60.6 Å². The summed E-state index contributed by atoms with van der Waals surface area (Å²) in [7, 11) is 0. The Morgan fingerprint density at radius 1 is 0.944 bits per heavy atom. The minimum Gasteiger partial charge on any atom is -0.314 e. The third-order valence-corrected chi connectivity index (χ3v) is 4.91. The van der Waals surface area contributed by atoms with E-state index in [4.69, 9.17) is 0 Å². The molecule has 1 saturated carbocycles. The average Bonchev–Trinajstić information content (AvgIpc) is 2.92. The molecule has 2 heterocycles. The van der Waals surface area contributed by atoms with Crippen LogP contribution in [0.3, 0.4) is 0 Å². The molecule has 3 fully saturated rings. The summed E-state index contributed by atoms with van der Waals surface area (Å²) in [6, 6.07) is 2.47. The van der Waals surface area contributed by atoms with Gasteiger partial charge in [0.15, 0.2) is 0 Å². The van der Waals surface area contributed by atoms with Crippen molar-refractivity contribution in [3.8, 4) is 0 Å². The van der Waals surface area contributed by atoms with Gasteiger partial charge in [-0.3, -0.25) is 9.80 Å². The molecule has 0 bridgehead atoms. The maximum atomic E-state index is 3.60. The van der Waals surface area contributed by atoms with Gasteiger partial charge in [0.25, 0.3) is 0 Å². The summed E-state index contributed by atoms with van der Waals surface area (Å²) in [4.78, 5) is 5.51. The van der Waals surface area contributed by atoms with E-state index in [1.807, 2.05) is 0 Å². The molecule has 0 radical (unpaired) electrons. The summed E-state index contributed by atoms with van der Waals surface area (Å²) in [6.07, 6.45) is 5.75. The van der Waals surface area contributed by atoms with Gasteiger partial charge in [-0.15, -0.1) is 0 Å². The summed E-state index contributed by atoms with van der Waals surface area (Å²) in [5.74, 6) is 0.891. The van der Waals surface area contributed by atoms with Crippen LogP contribution in [-0.2, 0) is 0 Å². The van der Waals surface area contributed by atoms with E-state index in [9.17, 15) is 0 Å². The second kappa shape index (κ2) is 5.48. The number of nitrogens with one attached hydrogen (secondary N) is 1. The molecule has 2 atom stereocenters. The van der Waals surface area contributed by atoms with Crippen molar-refractivity contribution in [1.82, 2.24) is 15.1 Å². The summed E-state index contributed by atoms with van der Waals surface area (Å²) < 4.78 is 0. The molecule has 3 nitrogen and oxygen atoms in total. The topological polar surface area (TPSA) is 18.5 Å². The molecule has 2 unspecified atom stereocenters. The van der Waals surface area contributed by atoms with E-state index in [-0.39, 0.29) is 0 Å². The number of rotatable bonds is 5. The molecule has 0 aromatic rings. The van der Waals surface area contributed by atoms with Gasteiger partial charge in [-0.05, 0) is 44.7 Å². The highest BCUT2D eigenvalue weighted by atomic mass is 15.3. The van der Waals surface area contributed by atoms with E-state index in [2.05, 4.69) is 29.0 Å². The SMILES string of the molecule is CC(C)NCC1CCN(C2CCN(C3CC3)C2)C1. The fraction of sp³-hybridized carbons (Fsp3) is 1.00. The molecule has 0 spiro atoms. The Bertz CT molecular complexity index is 275. The van der Waals surface area contributed by atoms with Gasteiger partial charge in [-0.1, -0.05) is 13.8 Å². The molecule has 3 aliphatic rings. The van der Waals surface area contributed by atoms with Crippen molar-refractivity contribution in [3.05, 3.63) is 0 Å². The molecule has 3 heteroatoms. The zero-order chi connectivity index (χ0) is 12.5. The Labute approximate surface area is 112 Å². The van der Waals surface area contributed by atoms with Gasteiger partial charge in [-0.25, -0.2) is 0 Å². The van der Waals surface area contributed by atoms with E-state index in [1.54, 1.807) is 0 Å². The maximum absolute atomic E-state index is 3.60. The van der Waals surface area contributed by atoms with Crippen LogP contribution in [0.2, 0.25) is 0 Å². The fourth-order valence-corrected chi connectivity index (χ4v) is 3.60. The number of nitrogens with zero attached hydrogens (tertiary/aromatic N) is 2. The van der Waals surface area contributed by atoms with Gasteiger partial charge in [0.05, 0.1) is 0 Å². The Morgan fingerprint density at radius 3 is 2.39 bits per heavy atom. The van der Waals surface area contributed by atoms with Gasteiger partial charge in [0.1, 0.15) is 0 Å². The summed E-state index contributed by atoms with van der Waals surface area (Å²) in [5.41, 5.74) is 0. The van der Waals surface area contributed by atoms with Gasteiger partial charge in [-0.2, -0.15) is 0 Å². The van der Waals surface area contributed by atoms with E-state index < -0.39 is 0 Å². The van der Waals surface area contributed by atoms with Crippen molar-refractivity contribution in [1.29, 1.82) is 0 Å². The van der Waals surface area contributed by atoms with Gasteiger partial charge in [0.2, 0.25) is 0 Å². The number of hydrogen-bond donors (Lipinski definition) is 1. The van der Waals surface area contributed by atoms with Crippen molar-refractivity contribution < 1.29 is 0 Å². The van der Waals surface area contributed by atoms with Crippen LogP contribution >= 0.6 is 0 Å². The number of likely N-dealkylation sites (tertiary alicyclic amines) is 2. The molecule has 2 saturated heterocycles. The average molecular weight is 251 g/mol. The predicted molar refractivity (Wildman–Crippen MR) is 75.8 cm³/mol. The summed E-state index contributed by atoms with van der Waals surface area (Å²) >= 11 is 0. The fourth-order valence-electron chi connectivity index (χ4n) is 3.60. The van der Waals surface area contributed by atoms with Crippen LogP contribution < -0.4 is 5.32 Å². The molecule has 3 rings (SSSR count). The van der Waals surface area contributed by atoms with Gasteiger partial charge >= 0.3 is 0 Å². The zero-order valence-electron chi connectivity index (χ0n) is 12.1. The molecular formula is C15H29N3. The Balaban J connectivity index is 1.41. The van der Waals surface area contributed by atoms with Crippen LogP contribution in [0.1, 0.15) is 39.5 Å². The maximum Gasteiger partial charge on any atom is 0.0235 e. The summed E-state index contributed by atoms with van der Waals surface area (Å²) in [6.45, 7) is 11.1. The lowest BCUT2D eigenvalue weighted by Gasteiger charge is -2.24. The third-order valence-electron chi connectivity index (χ3n) is 4.91. The largest absolute Gasteiger partial charge is 0.314 e. The van der Waals surface area contributed by atoms with Crippen LogP contribution in [0.25, 0.3) is 0 Å². The lowest BCUT2D eigenvalue weighted by molar-refractivity contribution is 0.221. The third kappa shape index (κ3) is 3.06. The van der Waals surface area contributed by atoms with E-state index in [0.29, 0.717) is 6.04 Å². The first-order valence-electron chi connectivity index (χ1n) is 7.94. The van der Waals surface area contributed by atoms with Crippen molar-refractivity contribution in [3.63, 3.8) is 0 Å². The minimum absolute atomic E-state index is 0.635. The molecule has 1 aliphatic carbocycles. The smallest absolute Gasteiger partial charge is 0.0235 e. The molecule has 18 heavy (non-hydrogen) atoms. The predicted octanol–water partition coefficient (Wildman–Crippen LogP) is 1.54. The van der Waals surface area contributed by atoms with Crippen molar-refractivity contribution in [2.45, 2.75) is 57.7 Å². The molecule has 0 amide bonds. The van der Waals surface area contributed by atoms with E-state index >= 15 is 0 Å². The quantitative estimate of drug-likeness (QED) is 0.800. The van der Waals surface area contributed by atoms with Crippen molar-refractivity contribution in [2.75, 3.05) is 32.7 Å². The lowest BCUT2D eigenvalue weighted by atomic mass is 10.1. The normalized spacial score (nSPS) is 34.8. The molecule has 0 aromatic heterocycles. The van der Waals surface area contributed by atoms with E-state index in [1.165, 1.54) is 58.4 Å². The first-order valence-corrected chi connectivity index (χ1v) is 7.94. The summed E-state index contributed by atoms with van der Waals surface area (Å²) in [5, 5.41) is 3.60. The molecular weight excluding hydrogens is 222 g/mol. The minimum atomic E-state index is 0.635. The van der Waals surface area contributed by atoms with E-state index in [0.717, 1.165) is 18.0 Å². The monoisotopic (exact) mass is 251 g/mol. The second-order valence-electron chi connectivity index (χ2n) is 6.88. The van der Waals surface area contributed by atoms with Crippen LogP contribution in [0.15, 0.2) is 0 Å². The highest BCUT2D eigenvalue weighted by molar-refractivity contribution is 4.94. The highest BCUT2D eigenvalue weighted by Crippen LogP contribution is 2.32. The Hall–Kier alpha value is -0.120. The Kier molecular flexibility index (Phi) is 3.92. The second-order valence-corrected chi connectivity index (χ2v) is 6.88. The standard InChI is InChI=1S/C15H29N3/c1-12(2)16-9-13-5-7-17(10-13)15-6-8-18(11-15)14-3-4-14/h12-16H,3-11H2,1-2H3. The van der Waals surface area contributed by atoms with Crippen molar-refractivity contribution in [2.24, 2.45) is 5.92 Å². The van der Waals surface area contributed by atoms with Gasteiger partial charge in [0, 0.05) is 37.8 Å². The molecule has 0 aromatic carbocycles. The first kappa shape index (κ1) is 12.9. The van der Waals surface area contributed by atoms with Gasteiger partial charge < -0.3 is 5.32 Å². The van der Waals surface area contributed by atoms with Crippen LogP contribution in [0, 0.1) is 5.92 Å². The highest BCUT2D eigenvalue weighted by Gasteiger charge is 2.38. The Morgan fingerprint density at radius 2 is 1.67 bits per heavy atom. The van der Waals surface area contributed by atoms with Crippen molar-refractivity contribution >= 4 is 0 Å². The molecule has 104 valence electrons. The first-order chi connectivity index (χ1) is 8.72. The number of hydrogen-bond acceptors (Lipinski definition) is 3. The van der Waals surface area contributed by atoms with Crippen LogP contribution in [0.5, 0.6) is 0 Å². The van der Waals surface area contributed by atoms with Crippen LogP contribution in [0.4, 0.5) is 0 Å². The zero-order valence-corrected chi connectivity index (χ0v) is 12.1.